The molecular formula is C32H40ClN7O8S2. The summed E-state index contributed by atoms with van der Waals surface area (Å²) in [6.45, 7) is 5.56. The summed E-state index contributed by atoms with van der Waals surface area (Å²) < 4.78 is 52.7. The number of rotatable bonds is 14. The van der Waals surface area contributed by atoms with Crippen molar-refractivity contribution in [1.82, 2.24) is 28.7 Å². The van der Waals surface area contributed by atoms with Crippen molar-refractivity contribution >= 4 is 67.7 Å². The maximum atomic E-state index is 14.2. The smallest absolute Gasteiger partial charge is 0.270 e. The molecule has 15 nitrogen and oxygen atoms in total. The second-order valence-electron chi connectivity index (χ2n) is 12.2. The Balaban J connectivity index is 0.00000486. The third-order valence-corrected chi connectivity index (χ3v) is 11.6. The molecule has 2 saturated carbocycles. The number of ether oxygens (including phenoxy) is 3. The quantitative estimate of drug-likeness (QED) is 0.204. The van der Waals surface area contributed by atoms with E-state index < -0.39 is 62.6 Å². The van der Waals surface area contributed by atoms with E-state index in [-0.39, 0.29) is 44.4 Å². The van der Waals surface area contributed by atoms with Crippen LogP contribution in [0.5, 0.6) is 17.5 Å². The molecule has 6 rings (SSSR count). The van der Waals surface area contributed by atoms with Crippen molar-refractivity contribution in [3.63, 3.8) is 0 Å². The van der Waals surface area contributed by atoms with Crippen molar-refractivity contribution in [2.75, 3.05) is 26.1 Å². The van der Waals surface area contributed by atoms with E-state index in [1.165, 1.54) is 31.4 Å². The van der Waals surface area contributed by atoms with Gasteiger partial charge in [-0.15, -0.1) is 11.0 Å². The summed E-state index contributed by atoms with van der Waals surface area (Å²) in [6, 6.07) is 3.27. The molecule has 2 aliphatic carbocycles. The van der Waals surface area contributed by atoms with Crippen LogP contribution < -0.4 is 29.6 Å². The van der Waals surface area contributed by atoms with E-state index in [9.17, 15) is 22.8 Å². The van der Waals surface area contributed by atoms with Crippen LogP contribution >= 0.6 is 23.3 Å². The summed E-state index contributed by atoms with van der Waals surface area (Å²) in [6.07, 6.45) is 3.77. The molecule has 5 atom stereocenters. The van der Waals surface area contributed by atoms with Gasteiger partial charge in [-0.1, -0.05) is 32.0 Å². The van der Waals surface area contributed by atoms with E-state index in [1.54, 1.807) is 25.1 Å². The number of sulfonamides is 1. The number of fused-ring (bicyclic) bond motifs is 1. The Bertz CT molecular complexity index is 1910. The average molecular weight is 750 g/mol. The standard InChI is InChI=1S/C31H36ClN7O8S2.CH4/c1-5-16-13-31(16,30(42)38-49(43,44)19-8-9-19)35-26(40)23-12-18(47-27-21-11-17(32)7-10-20(21)24(45-3)14-33-27)15-39(23)29(41)22(6-2)34-25-28(46-4)37-48-36-25;/h5,7,10-11,14,16,18-19,22-23H,1,6,8-9,12-13,15H2,2-4H3,(H,34,36)(H,35,40)(H,38,42);1H4/t16-,18-,22?,23+,31-;/m1./s1. The van der Waals surface area contributed by atoms with Crippen LogP contribution in [0.3, 0.4) is 0 Å². The highest BCUT2D eigenvalue weighted by atomic mass is 35.5. The van der Waals surface area contributed by atoms with Crippen LogP contribution in [0.4, 0.5) is 5.82 Å². The van der Waals surface area contributed by atoms with E-state index in [0.717, 1.165) is 11.7 Å². The first-order valence-electron chi connectivity index (χ1n) is 15.7. The van der Waals surface area contributed by atoms with E-state index in [1.807, 2.05) is 0 Å². The van der Waals surface area contributed by atoms with Crippen molar-refractivity contribution in [2.24, 2.45) is 5.92 Å². The van der Waals surface area contributed by atoms with Crippen molar-refractivity contribution < 1.29 is 37.0 Å². The van der Waals surface area contributed by atoms with Crippen molar-refractivity contribution in [3.8, 4) is 17.5 Å². The van der Waals surface area contributed by atoms with Crippen LogP contribution in [-0.2, 0) is 24.4 Å². The fourth-order valence-corrected chi connectivity index (χ4v) is 8.10. The molecule has 1 unspecified atom stereocenters. The Morgan fingerprint density at radius 2 is 1.94 bits per heavy atom. The van der Waals surface area contributed by atoms with Gasteiger partial charge in [0, 0.05) is 28.1 Å². The van der Waals surface area contributed by atoms with Gasteiger partial charge in [-0.05, 0) is 43.9 Å². The maximum absolute atomic E-state index is 14.2. The van der Waals surface area contributed by atoms with Crippen LogP contribution in [-0.4, -0.2) is 94.5 Å². The fraction of sp³-hybridized carbons (Fsp3) is 0.500. The maximum Gasteiger partial charge on any atom is 0.270 e. The fourth-order valence-electron chi connectivity index (χ4n) is 6.08. The van der Waals surface area contributed by atoms with E-state index in [0.29, 0.717) is 40.8 Å². The Hall–Kier alpha value is -4.22. The number of methoxy groups -OCH3 is 2. The predicted octanol–water partition coefficient (Wildman–Crippen LogP) is 3.30. The molecule has 1 aliphatic heterocycles. The lowest BCUT2D eigenvalue weighted by Crippen LogP contribution is -2.57. The number of hydrogen-bond donors (Lipinski definition) is 3. The molecular weight excluding hydrogens is 710 g/mol. The summed E-state index contributed by atoms with van der Waals surface area (Å²) in [5.74, 6) is -1.15. The highest BCUT2D eigenvalue weighted by Gasteiger charge is 2.62. The van der Waals surface area contributed by atoms with Gasteiger partial charge in [0.25, 0.3) is 11.8 Å². The molecule has 3 N–H and O–H groups in total. The Kier molecular flexibility index (Phi) is 10.8. The van der Waals surface area contributed by atoms with Gasteiger partial charge in [-0.3, -0.25) is 19.1 Å². The molecule has 2 aromatic heterocycles. The first-order chi connectivity index (χ1) is 23.4. The van der Waals surface area contributed by atoms with Crippen LogP contribution in [0.25, 0.3) is 10.8 Å². The Morgan fingerprint density at radius 1 is 1.18 bits per heavy atom. The lowest BCUT2D eigenvalue weighted by Gasteiger charge is -2.29. The van der Waals surface area contributed by atoms with Crippen molar-refractivity contribution in [2.45, 2.75) is 75.4 Å². The van der Waals surface area contributed by atoms with E-state index in [4.69, 9.17) is 25.8 Å². The molecule has 0 spiro atoms. The second-order valence-corrected chi connectivity index (χ2v) is 15.1. The average Bonchev–Trinajstić information content (AvgIpc) is 3.98. The van der Waals surface area contributed by atoms with Gasteiger partial charge in [-0.25, -0.2) is 13.4 Å². The lowest BCUT2D eigenvalue weighted by molar-refractivity contribution is -0.140. The summed E-state index contributed by atoms with van der Waals surface area (Å²) >= 11 is 7.22. The molecule has 270 valence electrons. The minimum atomic E-state index is -3.88. The molecule has 18 heteroatoms. The molecule has 3 aromatic rings. The zero-order valence-electron chi connectivity index (χ0n) is 27.0. The predicted molar refractivity (Wildman–Crippen MR) is 188 cm³/mol. The number of aromatic nitrogens is 3. The molecule has 3 heterocycles. The number of hydrogen-bond acceptors (Lipinski definition) is 13. The first kappa shape index (κ1) is 37.0. The highest BCUT2D eigenvalue weighted by molar-refractivity contribution is 7.91. The topological polar surface area (TPSA) is 191 Å². The first-order valence-corrected chi connectivity index (χ1v) is 18.3. The summed E-state index contributed by atoms with van der Waals surface area (Å²) in [5.41, 5.74) is -1.53. The van der Waals surface area contributed by atoms with Crippen molar-refractivity contribution in [3.05, 3.63) is 42.1 Å². The van der Waals surface area contributed by atoms with Gasteiger partial charge in [-0.2, -0.15) is 4.37 Å². The second kappa shape index (κ2) is 14.6. The Labute approximate surface area is 299 Å². The van der Waals surface area contributed by atoms with Gasteiger partial charge >= 0.3 is 0 Å². The van der Waals surface area contributed by atoms with Crippen molar-refractivity contribution in [1.29, 1.82) is 0 Å². The lowest BCUT2D eigenvalue weighted by atomic mass is 10.1. The third-order valence-electron chi connectivity index (χ3n) is 9.04. The van der Waals surface area contributed by atoms with E-state index >= 15 is 0 Å². The largest absolute Gasteiger partial charge is 0.494 e. The monoisotopic (exact) mass is 749 g/mol. The third kappa shape index (κ3) is 7.16. The zero-order chi connectivity index (χ0) is 35.1. The van der Waals surface area contributed by atoms with Gasteiger partial charge in [0.2, 0.25) is 33.5 Å². The number of halogens is 1. The molecule has 3 aliphatic rings. The number of amides is 3. The molecule has 0 bridgehead atoms. The number of carbonyl (C=O) groups is 3. The molecule has 3 fully saturated rings. The van der Waals surface area contributed by atoms with Gasteiger partial charge in [0.05, 0.1) is 43.9 Å². The van der Waals surface area contributed by atoms with Gasteiger partial charge in [0.15, 0.2) is 0 Å². The van der Waals surface area contributed by atoms with E-state index in [2.05, 4.69) is 35.7 Å². The number of anilines is 1. The van der Waals surface area contributed by atoms with Gasteiger partial charge in [0.1, 0.15) is 29.5 Å². The number of carbonyl (C=O) groups excluding carboxylic acids is 3. The molecule has 0 radical (unpaired) electrons. The zero-order valence-corrected chi connectivity index (χ0v) is 29.4. The number of pyridine rings is 1. The number of nitrogens with zero attached hydrogens (tertiary/aromatic N) is 4. The summed E-state index contributed by atoms with van der Waals surface area (Å²) in [7, 11) is -0.917. The van der Waals surface area contributed by atoms with Crippen LogP contribution in [0, 0.1) is 5.92 Å². The highest BCUT2D eigenvalue weighted by Crippen LogP contribution is 2.45. The molecule has 1 saturated heterocycles. The SMILES string of the molecule is C.C=C[C@@H]1C[C@]1(NC(=O)[C@@H]1C[C@@H](Oc2ncc(OC)c3ccc(Cl)cc23)CN1C(=O)C(CC)Nc1nsnc1OC)C(=O)NS(=O)(=O)C1CC1. The van der Waals surface area contributed by atoms with Crippen LogP contribution in [0.15, 0.2) is 37.1 Å². The number of benzene rings is 1. The minimum Gasteiger partial charge on any atom is -0.494 e. The molecule has 50 heavy (non-hydrogen) atoms. The summed E-state index contributed by atoms with van der Waals surface area (Å²) in [5, 5.41) is 6.96. The normalized spacial score (nSPS) is 23.3. The number of likely N-dealkylation sites (tertiary alicyclic amines) is 1. The van der Waals surface area contributed by atoms with Gasteiger partial charge < -0.3 is 29.7 Å². The summed E-state index contributed by atoms with van der Waals surface area (Å²) in [4.78, 5) is 47.5. The van der Waals surface area contributed by atoms with Crippen LogP contribution in [0.2, 0.25) is 5.02 Å². The Morgan fingerprint density at radius 3 is 2.58 bits per heavy atom. The van der Waals surface area contributed by atoms with Crippen LogP contribution in [0.1, 0.15) is 46.5 Å². The molecule has 3 amide bonds. The molecule has 1 aromatic carbocycles. The minimum absolute atomic E-state index is 0. The number of nitrogens with one attached hydrogen (secondary N) is 3.